The first-order chi connectivity index (χ1) is 20.6. The van der Waals surface area contributed by atoms with Crippen LogP contribution in [0.15, 0.2) is 36.4 Å². The zero-order chi connectivity index (χ0) is 28.9. The van der Waals surface area contributed by atoms with E-state index in [0.29, 0.717) is 46.2 Å². The highest BCUT2D eigenvalue weighted by molar-refractivity contribution is 6.09. The van der Waals surface area contributed by atoms with Crippen molar-refractivity contribution in [3.8, 4) is 23.0 Å². The highest BCUT2D eigenvalue weighted by Crippen LogP contribution is 2.37. The molecule has 0 spiro atoms. The maximum atomic E-state index is 13.6. The molecule has 2 saturated carbocycles. The Morgan fingerprint density at radius 1 is 0.571 bits per heavy atom. The Labute approximate surface area is 251 Å². The SMILES string of the molecule is COc1cc(C(=O)c2ccc(O[C@@H]3CCCC[C@H]3N3CCCC3)c(OC)c2)ccc1O[C@@H]1CCCC[C@H]1N1CCCC1. The molecule has 4 fully saturated rings. The number of methoxy groups -OCH3 is 2. The van der Waals surface area contributed by atoms with Crippen LogP contribution in [0, 0.1) is 0 Å². The lowest BCUT2D eigenvalue weighted by molar-refractivity contribution is 0.0467. The lowest BCUT2D eigenvalue weighted by Crippen LogP contribution is -2.46. The van der Waals surface area contributed by atoms with Gasteiger partial charge in [-0.15, -0.1) is 0 Å². The van der Waals surface area contributed by atoms with E-state index in [-0.39, 0.29) is 18.0 Å². The minimum Gasteiger partial charge on any atom is -0.493 e. The molecule has 4 aliphatic rings. The molecular weight excluding hydrogens is 528 g/mol. The van der Waals surface area contributed by atoms with E-state index in [1.165, 1.54) is 90.4 Å². The van der Waals surface area contributed by atoms with Gasteiger partial charge < -0.3 is 18.9 Å². The van der Waals surface area contributed by atoms with E-state index in [9.17, 15) is 4.79 Å². The van der Waals surface area contributed by atoms with E-state index in [4.69, 9.17) is 18.9 Å². The van der Waals surface area contributed by atoms with Crippen molar-refractivity contribution in [2.24, 2.45) is 0 Å². The summed E-state index contributed by atoms with van der Waals surface area (Å²) in [7, 11) is 3.29. The number of ketones is 1. The molecule has 6 rings (SSSR count). The Kier molecular flexibility index (Phi) is 9.55. The van der Waals surface area contributed by atoms with Gasteiger partial charge in [0.1, 0.15) is 12.2 Å². The van der Waals surface area contributed by atoms with Crippen molar-refractivity contribution in [2.45, 2.75) is 101 Å². The molecule has 7 heteroatoms. The van der Waals surface area contributed by atoms with Crippen LogP contribution in [0.5, 0.6) is 23.0 Å². The first-order valence-corrected chi connectivity index (χ1v) is 16.4. The third-order valence-electron chi connectivity index (χ3n) is 9.96. The molecule has 0 aromatic heterocycles. The summed E-state index contributed by atoms with van der Waals surface area (Å²) in [5.41, 5.74) is 1.13. The zero-order valence-electron chi connectivity index (χ0n) is 25.5. The average molecular weight is 577 g/mol. The van der Waals surface area contributed by atoms with Gasteiger partial charge in [0.05, 0.1) is 14.2 Å². The van der Waals surface area contributed by atoms with Crippen molar-refractivity contribution in [2.75, 3.05) is 40.4 Å². The summed E-state index contributed by atoms with van der Waals surface area (Å²) < 4.78 is 24.7. The fourth-order valence-electron chi connectivity index (χ4n) is 7.72. The second-order valence-electron chi connectivity index (χ2n) is 12.6. The van der Waals surface area contributed by atoms with Crippen LogP contribution in [0.3, 0.4) is 0 Å². The van der Waals surface area contributed by atoms with Crippen molar-refractivity contribution < 1.29 is 23.7 Å². The van der Waals surface area contributed by atoms with Gasteiger partial charge in [0.25, 0.3) is 0 Å². The summed E-state index contributed by atoms with van der Waals surface area (Å²) in [6.45, 7) is 4.67. The fourth-order valence-corrected chi connectivity index (χ4v) is 7.72. The summed E-state index contributed by atoms with van der Waals surface area (Å²) >= 11 is 0. The molecule has 2 heterocycles. The molecule has 42 heavy (non-hydrogen) atoms. The number of likely N-dealkylation sites (tertiary alicyclic amines) is 2. The van der Waals surface area contributed by atoms with Gasteiger partial charge in [-0.2, -0.15) is 0 Å². The van der Waals surface area contributed by atoms with Gasteiger partial charge in [-0.25, -0.2) is 0 Å². The monoisotopic (exact) mass is 576 g/mol. The third kappa shape index (κ3) is 6.42. The van der Waals surface area contributed by atoms with Crippen molar-refractivity contribution in [3.63, 3.8) is 0 Å². The fraction of sp³-hybridized carbons (Fsp3) is 0.629. The van der Waals surface area contributed by atoms with Gasteiger partial charge in [-0.05, 0) is 127 Å². The van der Waals surface area contributed by atoms with E-state index in [2.05, 4.69) is 9.80 Å². The number of nitrogens with zero attached hydrogens (tertiary/aromatic N) is 2. The smallest absolute Gasteiger partial charge is 0.193 e. The summed E-state index contributed by atoms with van der Waals surface area (Å²) in [5.74, 6) is 2.55. The van der Waals surface area contributed by atoms with Crippen LogP contribution in [-0.4, -0.2) is 80.3 Å². The minimum atomic E-state index is -0.0788. The van der Waals surface area contributed by atoms with E-state index in [0.717, 1.165) is 12.8 Å². The van der Waals surface area contributed by atoms with Gasteiger partial charge >= 0.3 is 0 Å². The quantitative estimate of drug-likeness (QED) is 0.299. The topological polar surface area (TPSA) is 60.5 Å². The number of hydrogen-bond acceptors (Lipinski definition) is 7. The normalized spacial score (nSPS) is 27.1. The van der Waals surface area contributed by atoms with Crippen LogP contribution in [-0.2, 0) is 0 Å². The van der Waals surface area contributed by atoms with Crippen molar-refractivity contribution >= 4 is 5.78 Å². The molecule has 0 bridgehead atoms. The molecule has 4 atom stereocenters. The van der Waals surface area contributed by atoms with Crippen LogP contribution in [0.4, 0.5) is 0 Å². The predicted molar refractivity (Wildman–Crippen MR) is 164 cm³/mol. The summed E-state index contributed by atoms with van der Waals surface area (Å²) in [6.07, 6.45) is 14.8. The number of hydrogen-bond donors (Lipinski definition) is 0. The Morgan fingerprint density at radius 3 is 1.38 bits per heavy atom. The number of rotatable bonds is 10. The van der Waals surface area contributed by atoms with Crippen LogP contribution >= 0.6 is 0 Å². The lowest BCUT2D eigenvalue weighted by atomic mass is 9.91. The average Bonchev–Trinajstić information content (AvgIpc) is 3.77. The summed E-state index contributed by atoms with van der Waals surface area (Å²) in [5, 5.41) is 0. The van der Waals surface area contributed by atoms with Crippen LogP contribution in [0.25, 0.3) is 0 Å². The number of carbonyl (C=O) groups excluding carboxylic acids is 1. The van der Waals surface area contributed by atoms with Gasteiger partial charge in [0, 0.05) is 23.2 Å². The molecule has 0 unspecified atom stereocenters. The van der Waals surface area contributed by atoms with Crippen LogP contribution in [0.1, 0.15) is 93.0 Å². The van der Waals surface area contributed by atoms with Crippen LogP contribution in [0.2, 0.25) is 0 Å². The molecule has 2 aromatic carbocycles. The molecule has 2 aliphatic heterocycles. The van der Waals surface area contributed by atoms with Gasteiger partial charge in [0.2, 0.25) is 0 Å². The van der Waals surface area contributed by atoms with Crippen molar-refractivity contribution in [3.05, 3.63) is 47.5 Å². The molecule has 0 radical (unpaired) electrons. The maximum Gasteiger partial charge on any atom is 0.193 e. The minimum absolute atomic E-state index is 0.0788. The van der Waals surface area contributed by atoms with E-state index in [1.54, 1.807) is 14.2 Å². The van der Waals surface area contributed by atoms with Gasteiger partial charge in [-0.3, -0.25) is 14.6 Å². The largest absolute Gasteiger partial charge is 0.493 e. The van der Waals surface area contributed by atoms with Gasteiger partial charge in [0.15, 0.2) is 28.8 Å². The number of carbonyl (C=O) groups is 1. The van der Waals surface area contributed by atoms with Crippen molar-refractivity contribution in [1.29, 1.82) is 0 Å². The highest BCUT2D eigenvalue weighted by atomic mass is 16.5. The number of benzene rings is 2. The Hall–Kier alpha value is -2.77. The highest BCUT2D eigenvalue weighted by Gasteiger charge is 2.35. The Bertz CT molecular complexity index is 1110. The first kappa shape index (κ1) is 29.3. The second kappa shape index (κ2) is 13.7. The predicted octanol–water partition coefficient (Wildman–Crippen LogP) is 6.51. The standard InChI is InChI=1S/C35H48N2O5/c1-39-33-23-25(15-17-31(33)41-29-13-5-3-11-27(29)36-19-7-8-20-36)35(38)26-16-18-32(34(24-26)40-2)42-30-14-6-4-12-28(30)37-21-9-10-22-37/h15-18,23-24,27-30H,3-14,19-22H2,1-2H3/t27-,28-,29-,30-/m1/s1. The Morgan fingerprint density at radius 2 is 0.976 bits per heavy atom. The van der Waals surface area contributed by atoms with E-state index >= 15 is 0 Å². The second-order valence-corrected chi connectivity index (χ2v) is 12.6. The first-order valence-electron chi connectivity index (χ1n) is 16.4. The lowest BCUT2D eigenvalue weighted by Gasteiger charge is -2.38. The zero-order valence-corrected chi connectivity index (χ0v) is 25.5. The molecule has 2 saturated heterocycles. The summed E-state index contributed by atoms with van der Waals surface area (Å²) in [4.78, 5) is 18.8. The van der Waals surface area contributed by atoms with E-state index in [1.807, 2.05) is 36.4 Å². The number of ether oxygens (including phenoxy) is 4. The van der Waals surface area contributed by atoms with Crippen molar-refractivity contribution in [1.82, 2.24) is 9.80 Å². The Balaban J connectivity index is 1.16. The summed E-state index contributed by atoms with van der Waals surface area (Å²) in [6, 6.07) is 12.0. The molecular formula is C35H48N2O5. The van der Waals surface area contributed by atoms with Gasteiger partial charge in [-0.1, -0.05) is 12.8 Å². The van der Waals surface area contributed by atoms with Crippen LogP contribution < -0.4 is 18.9 Å². The molecule has 7 nitrogen and oxygen atoms in total. The molecule has 2 aliphatic carbocycles. The molecule has 0 N–H and O–H groups in total. The third-order valence-corrected chi connectivity index (χ3v) is 9.96. The maximum absolute atomic E-state index is 13.6. The molecule has 2 aromatic rings. The van der Waals surface area contributed by atoms with E-state index < -0.39 is 0 Å². The molecule has 228 valence electrons. The molecule has 0 amide bonds.